The van der Waals surface area contributed by atoms with Crippen LogP contribution < -0.4 is 23.7 Å². The van der Waals surface area contributed by atoms with Crippen LogP contribution in [0.5, 0.6) is 28.7 Å². The molecule has 138 valence electrons. The number of ether oxygens (including phenoxy) is 5. The SMILES string of the molecule is COc1ccc([C@@H](C#N)Cc2cc(OC)c(OC)c(OC)c2)cc1OC. The summed E-state index contributed by atoms with van der Waals surface area (Å²) in [7, 11) is 7.84. The zero-order chi connectivity index (χ0) is 19.1. The lowest BCUT2D eigenvalue weighted by atomic mass is 9.92. The van der Waals surface area contributed by atoms with Gasteiger partial charge >= 0.3 is 0 Å². The second kappa shape index (κ2) is 8.86. The predicted octanol–water partition coefficient (Wildman–Crippen LogP) is 3.58. The lowest BCUT2D eigenvalue weighted by molar-refractivity contribution is 0.323. The zero-order valence-corrected chi connectivity index (χ0v) is 15.7. The highest BCUT2D eigenvalue weighted by molar-refractivity contribution is 5.54. The molecule has 0 fully saturated rings. The molecule has 0 spiro atoms. The maximum absolute atomic E-state index is 9.68. The molecule has 2 rings (SSSR count). The summed E-state index contributed by atoms with van der Waals surface area (Å²) in [5.41, 5.74) is 1.75. The maximum Gasteiger partial charge on any atom is 0.203 e. The minimum Gasteiger partial charge on any atom is -0.493 e. The summed E-state index contributed by atoms with van der Waals surface area (Å²) in [6.45, 7) is 0. The first-order chi connectivity index (χ1) is 12.6. The Morgan fingerprint density at radius 1 is 0.769 bits per heavy atom. The Hall–Kier alpha value is -3.07. The van der Waals surface area contributed by atoms with Crippen molar-refractivity contribution in [3.8, 4) is 34.8 Å². The summed E-state index contributed by atoms with van der Waals surface area (Å²) in [5, 5.41) is 9.68. The largest absolute Gasteiger partial charge is 0.493 e. The highest BCUT2D eigenvalue weighted by Crippen LogP contribution is 2.39. The van der Waals surface area contributed by atoms with Gasteiger partial charge in [0, 0.05) is 0 Å². The average molecular weight is 357 g/mol. The van der Waals surface area contributed by atoms with E-state index in [1.54, 1.807) is 41.6 Å². The minimum atomic E-state index is -0.363. The monoisotopic (exact) mass is 357 g/mol. The molecule has 0 bridgehead atoms. The number of hydrogen-bond acceptors (Lipinski definition) is 6. The molecule has 1 atom stereocenters. The van der Waals surface area contributed by atoms with Crippen molar-refractivity contribution >= 4 is 0 Å². The van der Waals surface area contributed by atoms with E-state index < -0.39 is 0 Å². The molecule has 0 unspecified atom stereocenters. The molecule has 26 heavy (non-hydrogen) atoms. The number of nitriles is 1. The van der Waals surface area contributed by atoms with Crippen molar-refractivity contribution in [3.05, 3.63) is 41.5 Å². The fourth-order valence-corrected chi connectivity index (χ4v) is 2.80. The van der Waals surface area contributed by atoms with E-state index in [-0.39, 0.29) is 5.92 Å². The van der Waals surface area contributed by atoms with Crippen LogP contribution >= 0.6 is 0 Å². The van der Waals surface area contributed by atoms with Crippen LogP contribution in [0.25, 0.3) is 0 Å². The Bertz CT molecular complexity index is 772. The first-order valence-electron chi connectivity index (χ1n) is 8.02. The van der Waals surface area contributed by atoms with Gasteiger partial charge in [-0.2, -0.15) is 5.26 Å². The number of benzene rings is 2. The molecule has 0 saturated carbocycles. The molecule has 0 radical (unpaired) electrons. The van der Waals surface area contributed by atoms with E-state index in [1.165, 1.54) is 0 Å². The topological polar surface area (TPSA) is 69.9 Å². The molecular formula is C20H23NO5. The minimum absolute atomic E-state index is 0.363. The van der Waals surface area contributed by atoms with Crippen molar-refractivity contribution in [2.45, 2.75) is 12.3 Å². The fourth-order valence-electron chi connectivity index (χ4n) is 2.80. The number of methoxy groups -OCH3 is 5. The molecule has 0 aliphatic rings. The van der Waals surface area contributed by atoms with E-state index >= 15 is 0 Å². The van der Waals surface area contributed by atoms with Gasteiger partial charge in [0.25, 0.3) is 0 Å². The Balaban J connectivity index is 2.38. The average Bonchev–Trinajstić information content (AvgIpc) is 2.70. The van der Waals surface area contributed by atoms with Gasteiger partial charge in [0.15, 0.2) is 23.0 Å². The van der Waals surface area contributed by atoms with Crippen molar-refractivity contribution in [2.24, 2.45) is 0 Å². The van der Waals surface area contributed by atoms with E-state index in [9.17, 15) is 5.26 Å². The van der Waals surface area contributed by atoms with Gasteiger partial charge in [0.2, 0.25) is 5.75 Å². The van der Waals surface area contributed by atoms with Gasteiger partial charge in [0.05, 0.1) is 47.5 Å². The van der Waals surface area contributed by atoms with E-state index in [2.05, 4.69) is 6.07 Å². The summed E-state index contributed by atoms with van der Waals surface area (Å²) < 4.78 is 26.7. The summed E-state index contributed by atoms with van der Waals surface area (Å²) in [6, 6.07) is 11.5. The first-order valence-corrected chi connectivity index (χ1v) is 8.02. The third kappa shape index (κ3) is 3.94. The van der Waals surface area contributed by atoms with Crippen LogP contribution in [0.15, 0.2) is 30.3 Å². The van der Waals surface area contributed by atoms with Crippen molar-refractivity contribution in [1.82, 2.24) is 0 Å². The Morgan fingerprint density at radius 3 is 1.81 bits per heavy atom. The summed E-state index contributed by atoms with van der Waals surface area (Å²) >= 11 is 0. The van der Waals surface area contributed by atoms with E-state index in [0.717, 1.165) is 11.1 Å². The fraction of sp³-hybridized carbons (Fsp3) is 0.350. The summed E-state index contributed by atoms with van der Waals surface area (Å²) in [4.78, 5) is 0. The predicted molar refractivity (Wildman–Crippen MR) is 97.7 cm³/mol. The number of hydrogen-bond donors (Lipinski definition) is 0. The van der Waals surface area contributed by atoms with Crippen molar-refractivity contribution in [2.75, 3.05) is 35.5 Å². The summed E-state index contributed by atoms with van der Waals surface area (Å²) in [5.74, 6) is 2.50. The molecule has 0 saturated heterocycles. The van der Waals surface area contributed by atoms with Crippen molar-refractivity contribution in [3.63, 3.8) is 0 Å². The molecule has 0 heterocycles. The zero-order valence-electron chi connectivity index (χ0n) is 15.7. The van der Waals surface area contributed by atoms with Crippen LogP contribution in [0.4, 0.5) is 0 Å². The molecular weight excluding hydrogens is 334 g/mol. The van der Waals surface area contributed by atoms with Gasteiger partial charge < -0.3 is 23.7 Å². The van der Waals surface area contributed by atoms with Gasteiger partial charge in [-0.15, -0.1) is 0 Å². The van der Waals surface area contributed by atoms with Crippen molar-refractivity contribution < 1.29 is 23.7 Å². The van der Waals surface area contributed by atoms with Crippen LogP contribution in [0.3, 0.4) is 0 Å². The molecule has 6 nitrogen and oxygen atoms in total. The van der Waals surface area contributed by atoms with E-state index in [0.29, 0.717) is 35.2 Å². The standard InChI is InChI=1S/C20H23NO5/c1-22-16-7-6-14(11-17(16)23-2)15(12-21)8-13-9-18(24-3)20(26-5)19(10-13)25-4/h6-7,9-11,15H,8H2,1-5H3/t15-/m1/s1. The van der Waals surface area contributed by atoms with Gasteiger partial charge in [-0.1, -0.05) is 6.07 Å². The third-order valence-electron chi connectivity index (χ3n) is 4.13. The lowest BCUT2D eigenvalue weighted by Gasteiger charge is -2.16. The van der Waals surface area contributed by atoms with Crippen LogP contribution in [0.2, 0.25) is 0 Å². The number of rotatable bonds is 8. The Kier molecular flexibility index (Phi) is 6.56. The molecule has 0 aliphatic heterocycles. The molecule has 2 aromatic rings. The first kappa shape index (κ1) is 19.3. The summed E-state index contributed by atoms with van der Waals surface area (Å²) in [6.07, 6.45) is 0.489. The second-order valence-electron chi connectivity index (χ2n) is 5.53. The van der Waals surface area contributed by atoms with Gasteiger partial charge in [-0.05, 0) is 41.8 Å². The highest BCUT2D eigenvalue weighted by Gasteiger charge is 2.18. The number of nitrogens with zero attached hydrogens (tertiary/aromatic N) is 1. The molecule has 0 N–H and O–H groups in total. The molecule has 6 heteroatoms. The lowest BCUT2D eigenvalue weighted by Crippen LogP contribution is -2.03. The van der Waals surface area contributed by atoms with Crippen LogP contribution in [0.1, 0.15) is 17.0 Å². The molecule has 0 aromatic heterocycles. The molecule has 0 aliphatic carbocycles. The van der Waals surface area contributed by atoms with E-state index in [1.807, 2.05) is 24.3 Å². The van der Waals surface area contributed by atoms with Gasteiger partial charge in [-0.3, -0.25) is 0 Å². The third-order valence-corrected chi connectivity index (χ3v) is 4.13. The van der Waals surface area contributed by atoms with Crippen LogP contribution in [-0.4, -0.2) is 35.5 Å². The smallest absolute Gasteiger partial charge is 0.203 e. The van der Waals surface area contributed by atoms with Crippen LogP contribution in [-0.2, 0) is 6.42 Å². The molecule has 2 aromatic carbocycles. The van der Waals surface area contributed by atoms with E-state index in [4.69, 9.17) is 23.7 Å². The Morgan fingerprint density at radius 2 is 1.35 bits per heavy atom. The Labute approximate surface area is 153 Å². The van der Waals surface area contributed by atoms with Crippen molar-refractivity contribution in [1.29, 1.82) is 5.26 Å². The maximum atomic E-state index is 9.68. The quantitative estimate of drug-likeness (QED) is 0.719. The second-order valence-corrected chi connectivity index (χ2v) is 5.53. The van der Waals surface area contributed by atoms with Crippen LogP contribution in [0, 0.1) is 11.3 Å². The molecule has 0 amide bonds. The highest BCUT2D eigenvalue weighted by atomic mass is 16.5. The normalized spacial score (nSPS) is 11.2. The van der Waals surface area contributed by atoms with Gasteiger partial charge in [0.1, 0.15) is 0 Å². The van der Waals surface area contributed by atoms with Gasteiger partial charge in [-0.25, -0.2) is 0 Å².